The van der Waals surface area contributed by atoms with E-state index in [-0.39, 0.29) is 18.6 Å². The molecule has 0 saturated carbocycles. The molecule has 0 bridgehead atoms. The Labute approximate surface area is 163 Å². The summed E-state index contributed by atoms with van der Waals surface area (Å²) >= 11 is 0. The highest BCUT2D eigenvalue weighted by Crippen LogP contribution is 2.30. The maximum atomic E-state index is 12.5. The van der Waals surface area contributed by atoms with Gasteiger partial charge >= 0.3 is 12.3 Å². The number of carbonyl (C=O) groups is 2. The van der Waals surface area contributed by atoms with Crippen molar-refractivity contribution in [2.24, 2.45) is 0 Å². The minimum atomic E-state index is -4.75. The van der Waals surface area contributed by atoms with Gasteiger partial charge in [0.1, 0.15) is 5.75 Å². The van der Waals surface area contributed by atoms with Crippen LogP contribution in [0.25, 0.3) is 16.6 Å². The molecule has 0 aliphatic heterocycles. The molecule has 0 aliphatic rings. The number of aryl methyl sites for hydroxylation is 2. The zero-order valence-corrected chi connectivity index (χ0v) is 15.3. The lowest BCUT2D eigenvalue weighted by Crippen LogP contribution is -2.17. The molecule has 154 valence electrons. The molecule has 29 heavy (non-hydrogen) atoms. The molecular weight excluding hydrogens is 391 g/mol. The van der Waals surface area contributed by atoms with Gasteiger partial charge in [-0.25, -0.2) is 0 Å². The highest BCUT2D eigenvalue weighted by Gasteiger charge is 2.31. The number of fused-ring (bicyclic) bond motifs is 1. The number of nitrogens with zero attached hydrogens (tertiary/aromatic N) is 1. The fraction of sp³-hybridized carbons (Fsp3) is 0.200. The number of carboxylic acids is 1. The molecular formula is C20H18F3NO5. The molecule has 0 fully saturated rings. The zero-order chi connectivity index (χ0) is 21.6. The Bertz CT molecular complexity index is 1010. The van der Waals surface area contributed by atoms with Crippen molar-refractivity contribution in [1.82, 2.24) is 4.57 Å². The van der Waals surface area contributed by atoms with Gasteiger partial charge in [-0.2, -0.15) is 0 Å². The Kier molecular flexibility index (Phi) is 6.87. The van der Waals surface area contributed by atoms with Crippen LogP contribution in [0.3, 0.4) is 0 Å². The van der Waals surface area contributed by atoms with Gasteiger partial charge in [0, 0.05) is 29.3 Å². The molecule has 2 N–H and O–H groups in total. The number of halogens is 3. The molecule has 0 saturated heterocycles. The topological polar surface area (TPSA) is 88.8 Å². The van der Waals surface area contributed by atoms with Crippen LogP contribution < -0.4 is 4.74 Å². The predicted octanol–water partition coefficient (Wildman–Crippen LogP) is 4.56. The van der Waals surface area contributed by atoms with Gasteiger partial charge in [0.15, 0.2) is 0 Å². The van der Waals surface area contributed by atoms with E-state index in [1.165, 1.54) is 12.1 Å². The van der Waals surface area contributed by atoms with Crippen LogP contribution in [0.2, 0.25) is 0 Å². The second-order valence-electron chi connectivity index (χ2n) is 6.06. The molecule has 6 nitrogen and oxygen atoms in total. The minimum Gasteiger partial charge on any atom is -0.483 e. The van der Waals surface area contributed by atoms with Gasteiger partial charge in [0.05, 0.1) is 5.52 Å². The van der Waals surface area contributed by atoms with Crippen LogP contribution in [0.1, 0.15) is 17.7 Å². The summed E-state index contributed by atoms with van der Waals surface area (Å²) in [5, 5.41) is 16.5. The van der Waals surface area contributed by atoms with E-state index >= 15 is 0 Å². The van der Waals surface area contributed by atoms with E-state index in [0.717, 1.165) is 22.3 Å². The number of aromatic nitrogens is 1. The molecule has 0 radical (unpaired) electrons. The summed E-state index contributed by atoms with van der Waals surface area (Å²) in [5.74, 6) is -1.17. The van der Waals surface area contributed by atoms with Crippen molar-refractivity contribution in [2.45, 2.75) is 26.1 Å². The smallest absolute Gasteiger partial charge is 0.483 e. The van der Waals surface area contributed by atoms with Gasteiger partial charge in [-0.05, 0) is 49.2 Å². The van der Waals surface area contributed by atoms with Crippen LogP contribution in [-0.4, -0.2) is 33.6 Å². The molecule has 1 aromatic heterocycles. The summed E-state index contributed by atoms with van der Waals surface area (Å²) in [6, 6.07) is 13.4. The lowest BCUT2D eigenvalue weighted by atomic mass is 10.1. The highest BCUT2D eigenvalue weighted by atomic mass is 19.4. The van der Waals surface area contributed by atoms with E-state index in [9.17, 15) is 18.0 Å². The second-order valence-corrected chi connectivity index (χ2v) is 6.06. The van der Waals surface area contributed by atoms with Crippen LogP contribution >= 0.6 is 0 Å². The number of aliphatic carboxylic acids is 1. The average molecular weight is 409 g/mol. The summed E-state index contributed by atoms with van der Waals surface area (Å²) in [6.45, 7) is 1.61. The summed E-state index contributed by atoms with van der Waals surface area (Å²) in [5.41, 5.74) is 3.03. The summed E-state index contributed by atoms with van der Waals surface area (Å²) in [7, 11) is 0. The molecule has 1 heterocycles. The van der Waals surface area contributed by atoms with Crippen molar-refractivity contribution >= 4 is 23.3 Å². The Balaban J connectivity index is 0.000000941. The van der Waals surface area contributed by atoms with Gasteiger partial charge in [0.2, 0.25) is 0 Å². The van der Waals surface area contributed by atoms with Crippen LogP contribution in [0.5, 0.6) is 5.75 Å². The summed E-state index contributed by atoms with van der Waals surface area (Å²) < 4.78 is 43.3. The van der Waals surface area contributed by atoms with Gasteiger partial charge < -0.3 is 19.5 Å². The van der Waals surface area contributed by atoms with E-state index in [0.29, 0.717) is 11.9 Å². The van der Waals surface area contributed by atoms with E-state index in [1.807, 2.05) is 35.8 Å². The number of benzene rings is 2. The molecule has 2 aromatic carbocycles. The SMILES string of the molecule is Cc1cc2ccc(OC(F)(F)F)cc2n1-c1cccc(CCC(=O)O)c1.O=CO. The zero-order valence-electron chi connectivity index (χ0n) is 15.3. The molecule has 9 heteroatoms. The number of alkyl halides is 3. The number of hydrogen-bond acceptors (Lipinski definition) is 3. The normalized spacial score (nSPS) is 10.9. The van der Waals surface area contributed by atoms with Crippen molar-refractivity contribution in [3.63, 3.8) is 0 Å². The number of hydrogen-bond donors (Lipinski definition) is 2. The van der Waals surface area contributed by atoms with Crippen molar-refractivity contribution in [1.29, 1.82) is 0 Å². The molecule has 0 spiro atoms. The third-order valence-electron chi connectivity index (χ3n) is 3.99. The van der Waals surface area contributed by atoms with Crippen LogP contribution in [-0.2, 0) is 16.0 Å². The maximum absolute atomic E-state index is 12.5. The number of carboxylic acid groups (broad SMARTS) is 2. The molecule has 0 aliphatic carbocycles. The second kappa shape index (κ2) is 9.13. The molecule has 0 atom stereocenters. The molecule has 3 aromatic rings. The van der Waals surface area contributed by atoms with E-state index in [4.69, 9.17) is 15.0 Å². The quantitative estimate of drug-likeness (QED) is 0.604. The standard InChI is InChI=1S/C19H16F3NO3.CH2O2/c1-12-9-14-6-7-16(26-19(20,21)22)11-17(14)23(12)15-4-2-3-13(10-15)5-8-18(24)25;2-1-3/h2-4,6-7,9-11H,5,8H2,1H3,(H,24,25);1H,(H,2,3). The van der Waals surface area contributed by atoms with Gasteiger partial charge in [-0.1, -0.05) is 12.1 Å². The molecule has 0 amide bonds. The Morgan fingerprint density at radius 2 is 1.86 bits per heavy atom. The lowest BCUT2D eigenvalue weighted by molar-refractivity contribution is -0.274. The van der Waals surface area contributed by atoms with Crippen molar-refractivity contribution in [2.75, 3.05) is 0 Å². The first-order chi connectivity index (χ1) is 13.6. The third-order valence-corrected chi connectivity index (χ3v) is 3.99. The van der Waals surface area contributed by atoms with Crippen LogP contribution in [0, 0.1) is 6.92 Å². The highest BCUT2D eigenvalue weighted by molar-refractivity contribution is 5.84. The fourth-order valence-electron chi connectivity index (χ4n) is 2.96. The van der Waals surface area contributed by atoms with Crippen molar-refractivity contribution in [3.05, 3.63) is 59.8 Å². The van der Waals surface area contributed by atoms with E-state index < -0.39 is 12.3 Å². The van der Waals surface area contributed by atoms with Crippen molar-refractivity contribution < 1.29 is 37.7 Å². The molecule has 0 unspecified atom stereocenters. The Hall–Kier alpha value is -3.49. The van der Waals surface area contributed by atoms with Crippen LogP contribution in [0.4, 0.5) is 13.2 Å². The maximum Gasteiger partial charge on any atom is 0.573 e. The predicted molar refractivity (Wildman–Crippen MR) is 99.3 cm³/mol. The largest absolute Gasteiger partial charge is 0.573 e. The van der Waals surface area contributed by atoms with E-state index in [2.05, 4.69) is 4.74 Å². The first-order valence-corrected chi connectivity index (χ1v) is 8.41. The summed E-state index contributed by atoms with van der Waals surface area (Å²) in [6.07, 6.45) is -4.36. The first kappa shape index (κ1) is 21.8. The fourth-order valence-corrected chi connectivity index (χ4v) is 2.96. The van der Waals surface area contributed by atoms with E-state index in [1.54, 1.807) is 12.1 Å². The van der Waals surface area contributed by atoms with Crippen LogP contribution in [0.15, 0.2) is 48.5 Å². The third kappa shape index (κ3) is 6.00. The number of ether oxygens (including phenoxy) is 1. The average Bonchev–Trinajstić information content (AvgIpc) is 2.94. The van der Waals surface area contributed by atoms with Gasteiger partial charge in [-0.15, -0.1) is 13.2 Å². The monoisotopic (exact) mass is 409 g/mol. The Morgan fingerprint density at radius 1 is 1.17 bits per heavy atom. The first-order valence-electron chi connectivity index (χ1n) is 8.41. The Morgan fingerprint density at radius 3 is 2.48 bits per heavy atom. The summed E-state index contributed by atoms with van der Waals surface area (Å²) in [4.78, 5) is 19.1. The van der Waals surface area contributed by atoms with Gasteiger partial charge in [0.25, 0.3) is 6.47 Å². The molecule has 3 rings (SSSR count). The van der Waals surface area contributed by atoms with Crippen molar-refractivity contribution in [3.8, 4) is 11.4 Å². The van der Waals surface area contributed by atoms with Gasteiger partial charge in [-0.3, -0.25) is 9.59 Å². The lowest BCUT2D eigenvalue weighted by Gasteiger charge is -2.12. The minimum absolute atomic E-state index is 0.0123. The number of rotatable bonds is 5.